The van der Waals surface area contributed by atoms with Gasteiger partial charge in [-0.05, 0) is 6.42 Å². The zero-order valence-corrected chi connectivity index (χ0v) is 6.73. The molecule has 68 valence electrons. The lowest BCUT2D eigenvalue weighted by molar-refractivity contribution is -0.175. The van der Waals surface area contributed by atoms with Crippen LogP contribution in [0, 0.1) is 0 Å². The van der Waals surface area contributed by atoms with Gasteiger partial charge in [-0.15, -0.1) is 0 Å². The first-order valence-electron chi connectivity index (χ1n) is 3.91. The fraction of sp³-hybridized carbons (Fsp3) is 0.625. The number of rotatable bonds is 3. The molecule has 0 amide bonds. The molecule has 1 saturated heterocycles. The smallest absolute Gasteiger partial charge is 0.327 e. The van der Waals surface area contributed by atoms with Crippen molar-refractivity contribution in [3.8, 4) is 0 Å². The minimum atomic E-state index is -0.939. The van der Waals surface area contributed by atoms with Crippen LogP contribution in [0.15, 0.2) is 12.2 Å². The number of ether oxygens (including phenoxy) is 2. The molecule has 0 aromatic carbocycles. The molecule has 1 N–H and O–H groups in total. The quantitative estimate of drug-likeness (QED) is 0.639. The maximum absolute atomic E-state index is 10.1. The van der Waals surface area contributed by atoms with E-state index in [-0.39, 0.29) is 6.29 Å². The van der Waals surface area contributed by atoms with Gasteiger partial charge in [0, 0.05) is 12.5 Å². The van der Waals surface area contributed by atoms with Crippen molar-refractivity contribution in [1.29, 1.82) is 0 Å². The van der Waals surface area contributed by atoms with Crippen molar-refractivity contribution >= 4 is 5.97 Å². The third-order valence-corrected chi connectivity index (χ3v) is 1.49. The van der Waals surface area contributed by atoms with Gasteiger partial charge in [-0.3, -0.25) is 0 Å². The van der Waals surface area contributed by atoms with Gasteiger partial charge in [0.05, 0.1) is 13.2 Å². The Labute approximate surface area is 70.8 Å². The largest absolute Gasteiger partial charge is 0.478 e. The van der Waals surface area contributed by atoms with Crippen molar-refractivity contribution in [3.05, 3.63) is 12.2 Å². The monoisotopic (exact) mass is 172 g/mol. The topological polar surface area (TPSA) is 55.8 Å². The van der Waals surface area contributed by atoms with Gasteiger partial charge < -0.3 is 14.6 Å². The Bertz CT molecular complexity index is 170. The van der Waals surface area contributed by atoms with Crippen molar-refractivity contribution in [2.75, 3.05) is 13.2 Å². The van der Waals surface area contributed by atoms with E-state index in [0.717, 1.165) is 12.5 Å². The van der Waals surface area contributed by atoms with Crippen LogP contribution in [0.3, 0.4) is 0 Å². The summed E-state index contributed by atoms with van der Waals surface area (Å²) in [6, 6.07) is 0. The van der Waals surface area contributed by atoms with Gasteiger partial charge in [-0.1, -0.05) is 6.08 Å². The summed E-state index contributed by atoms with van der Waals surface area (Å²) < 4.78 is 10.4. The van der Waals surface area contributed by atoms with Crippen molar-refractivity contribution in [2.24, 2.45) is 0 Å². The molecular formula is C8H12O4. The summed E-state index contributed by atoms with van der Waals surface area (Å²) in [5.74, 6) is -0.939. The molecule has 1 aliphatic rings. The van der Waals surface area contributed by atoms with Gasteiger partial charge in [0.25, 0.3) is 0 Å². The molecule has 1 heterocycles. The highest BCUT2D eigenvalue weighted by Gasteiger charge is 2.11. The molecule has 0 unspecified atom stereocenters. The maximum Gasteiger partial charge on any atom is 0.327 e. The number of carboxylic acids is 1. The zero-order chi connectivity index (χ0) is 8.81. The fourth-order valence-electron chi connectivity index (χ4n) is 0.953. The minimum absolute atomic E-state index is 0.255. The van der Waals surface area contributed by atoms with E-state index in [9.17, 15) is 4.79 Å². The number of hydrogen-bond donors (Lipinski definition) is 1. The summed E-state index contributed by atoms with van der Waals surface area (Å²) in [4.78, 5) is 10.1. The van der Waals surface area contributed by atoms with Crippen LogP contribution in [-0.4, -0.2) is 30.6 Å². The normalized spacial score (nSPS) is 20.0. The van der Waals surface area contributed by atoms with E-state index in [0.29, 0.717) is 19.6 Å². The van der Waals surface area contributed by atoms with Gasteiger partial charge in [0.2, 0.25) is 0 Å². The second kappa shape index (κ2) is 4.90. The predicted octanol–water partition coefficient (Wildman–Crippen LogP) is 0.780. The highest BCUT2D eigenvalue weighted by atomic mass is 16.7. The van der Waals surface area contributed by atoms with E-state index in [1.807, 2.05) is 0 Å². The van der Waals surface area contributed by atoms with Crippen molar-refractivity contribution in [2.45, 2.75) is 19.1 Å². The molecule has 12 heavy (non-hydrogen) atoms. The first kappa shape index (κ1) is 9.22. The Morgan fingerprint density at radius 3 is 2.75 bits per heavy atom. The summed E-state index contributed by atoms with van der Waals surface area (Å²) >= 11 is 0. The summed E-state index contributed by atoms with van der Waals surface area (Å²) in [7, 11) is 0. The van der Waals surface area contributed by atoms with Crippen molar-refractivity contribution < 1.29 is 19.4 Å². The minimum Gasteiger partial charge on any atom is -0.478 e. The Morgan fingerprint density at radius 1 is 1.50 bits per heavy atom. The van der Waals surface area contributed by atoms with Crippen LogP contribution in [0.25, 0.3) is 0 Å². The average molecular weight is 172 g/mol. The maximum atomic E-state index is 10.1. The molecule has 0 aromatic heterocycles. The molecular weight excluding hydrogens is 160 g/mol. The standard InChI is InChI=1S/C8H12O4/c9-7(10)3-1-4-8-11-5-2-6-12-8/h1,3,8H,2,4-6H2,(H,9,10)/b3-1+. The SMILES string of the molecule is O=C(O)/C=C/CC1OCCCO1. The first-order valence-corrected chi connectivity index (χ1v) is 3.91. The van der Waals surface area contributed by atoms with Crippen LogP contribution in [0.2, 0.25) is 0 Å². The van der Waals surface area contributed by atoms with Gasteiger partial charge >= 0.3 is 5.97 Å². The molecule has 0 aliphatic carbocycles. The molecule has 1 rings (SSSR count). The molecule has 0 atom stereocenters. The number of aliphatic carboxylic acids is 1. The van der Waals surface area contributed by atoms with Crippen LogP contribution in [0.5, 0.6) is 0 Å². The zero-order valence-electron chi connectivity index (χ0n) is 6.73. The number of carboxylic acid groups (broad SMARTS) is 1. The molecule has 4 nitrogen and oxygen atoms in total. The van der Waals surface area contributed by atoms with E-state index < -0.39 is 5.97 Å². The average Bonchev–Trinajstić information content (AvgIpc) is 2.05. The van der Waals surface area contributed by atoms with Crippen molar-refractivity contribution in [1.82, 2.24) is 0 Å². The van der Waals surface area contributed by atoms with Crippen LogP contribution >= 0.6 is 0 Å². The Balaban J connectivity index is 2.17. The van der Waals surface area contributed by atoms with Gasteiger partial charge in [0.15, 0.2) is 6.29 Å². The molecule has 0 bridgehead atoms. The molecule has 4 heteroatoms. The number of hydrogen-bond acceptors (Lipinski definition) is 3. The van der Waals surface area contributed by atoms with Crippen LogP contribution in [0.4, 0.5) is 0 Å². The first-order chi connectivity index (χ1) is 5.79. The molecule has 0 aromatic rings. The summed E-state index contributed by atoms with van der Waals surface area (Å²) in [5, 5.41) is 8.27. The van der Waals surface area contributed by atoms with Crippen LogP contribution < -0.4 is 0 Å². The lowest BCUT2D eigenvalue weighted by Gasteiger charge is -2.21. The third-order valence-electron chi connectivity index (χ3n) is 1.49. The van der Waals surface area contributed by atoms with E-state index in [1.54, 1.807) is 6.08 Å². The molecule has 1 aliphatic heterocycles. The van der Waals surface area contributed by atoms with Gasteiger partial charge in [-0.25, -0.2) is 4.79 Å². The summed E-state index contributed by atoms with van der Waals surface area (Å²) in [6.45, 7) is 1.40. The van der Waals surface area contributed by atoms with Gasteiger partial charge in [0.1, 0.15) is 0 Å². The summed E-state index contributed by atoms with van der Waals surface area (Å²) in [5.41, 5.74) is 0. The van der Waals surface area contributed by atoms with Crippen LogP contribution in [0.1, 0.15) is 12.8 Å². The lowest BCUT2D eigenvalue weighted by atomic mass is 10.3. The third kappa shape index (κ3) is 3.50. The predicted molar refractivity (Wildman–Crippen MR) is 41.7 cm³/mol. The highest BCUT2D eigenvalue weighted by molar-refractivity contribution is 5.79. The van der Waals surface area contributed by atoms with Crippen molar-refractivity contribution in [3.63, 3.8) is 0 Å². The van der Waals surface area contributed by atoms with E-state index in [1.165, 1.54) is 0 Å². The molecule has 0 radical (unpaired) electrons. The van der Waals surface area contributed by atoms with E-state index >= 15 is 0 Å². The Hall–Kier alpha value is -0.870. The van der Waals surface area contributed by atoms with Gasteiger partial charge in [-0.2, -0.15) is 0 Å². The Kier molecular flexibility index (Phi) is 3.76. The summed E-state index contributed by atoms with van der Waals surface area (Å²) in [6.07, 6.45) is 3.81. The molecule has 0 saturated carbocycles. The number of carbonyl (C=O) groups is 1. The highest BCUT2D eigenvalue weighted by Crippen LogP contribution is 2.08. The fourth-order valence-corrected chi connectivity index (χ4v) is 0.953. The van der Waals surface area contributed by atoms with E-state index in [4.69, 9.17) is 14.6 Å². The van der Waals surface area contributed by atoms with Crippen LogP contribution in [-0.2, 0) is 14.3 Å². The molecule has 0 spiro atoms. The lowest BCUT2D eigenvalue weighted by Crippen LogP contribution is -2.24. The molecule has 1 fully saturated rings. The second-order valence-electron chi connectivity index (χ2n) is 2.50. The second-order valence-corrected chi connectivity index (χ2v) is 2.50. The Morgan fingerprint density at radius 2 is 2.17 bits per heavy atom. The van der Waals surface area contributed by atoms with E-state index in [2.05, 4.69) is 0 Å².